The molecule has 6 nitrogen and oxygen atoms in total. The summed E-state index contributed by atoms with van der Waals surface area (Å²) in [5.41, 5.74) is -0.465. The van der Waals surface area contributed by atoms with Crippen molar-refractivity contribution < 1.29 is 19.4 Å². The molecule has 102 valence electrons. The summed E-state index contributed by atoms with van der Waals surface area (Å²) in [6.07, 6.45) is -0.283. The van der Waals surface area contributed by atoms with E-state index < -0.39 is 11.6 Å². The molecule has 0 spiro atoms. The molecule has 0 atom stereocenters. The number of likely N-dealkylation sites (tertiary alicyclic amines) is 2. The standard InChI is InChI=1S/C12H20N2O4/c1-12(2,3)18-11(17)14-6-9(7-14)13-4-8(5-13)10(15)16/h8-9H,4-7H2,1-3H3,(H,15,16). The molecule has 0 aromatic rings. The lowest BCUT2D eigenvalue weighted by molar-refractivity contribution is -0.150. The van der Waals surface area contributed by atoms with Gasteiger partial charge in [0.15, 0.2) is 0 Å². The van der Waals surface area contributed by atoms with Gasteiger partial charge in [0, 0.05) is 32.2 Å². The van der Waals surface area contributed by atoms with Crippen LogP contribution in [0.4, 0.5) is 4.79 Å². The summed E-state index contributed by atoms with van der Waals surface area (Å²) >= 11 is 0. The third-order valence-electron chi connectivity index (χ3n) is 3.29. The van der Waals surface area contributed by atoms with Gasteiger partial charge in [-0.3, -0.25) is 9.69 Å². The molecular weight excluding hydrogens is 236 g/mol. The lowest BCUT2D eigenvalue weighted by Crippen LogP contribution is -2.67. The first-order chi connectivity index (χ1) is 8.26. The van der Waals surface area contributed by atoms with Crippen LogP contribution >= 0.6 is 0 Å². The summed E-state index contributed by atoms with van der Waals surface area (Å²) in [7, 11) is 0. The molecule has 0 saturated carbocycles. The number of nitrogens with zero attached hydrogens (tertiary/aromatic N) is 2. The average Bonchev–Trinajstić information content (AvgIpc) is 2.01. The largest absolute Gasteiger partial charge is 0.481 e. The van der Waals surface area contributed by atoms with Gasteiger partial charge >= 0.3 is 12.1 Å². The van der Waals surface area contributed by atoms with E-state index >= 15 is 0 Å². The normalized spacial score (nSPS) is 22.3. The number of carboxylic acids is 1. The van der Waals surface area contributed by atoms with Crippen LogP contribution in [0.25, 0.3) is 0 Å². The molecule has 1 amide bonds. The van der Waals surface area contributed by atoms with Crippen LogP contribution in [0, 0.1) is 5.92 Å². The third kappa shape index (κ3) is 2.75. The number of hydrogen-bond donors (Lipinski definition) is 1. The van der Waals surface area contributed by atoms with Crippen molar-refractivity contribution in [3.8, 4) is 0 Å². The van der Waals surface area contributed by atoms with E-state index in [9.17, 15) is 9.59 Å². The van der Waals surface area contributed by atoms with Crippen LogP contribution in [-0.2, 0) is 9.53 Å². The smallest absolute Gasteiger partial charge is 0.410 e. The number of hydrogen-bond acceptors (Lipinski definition) is 4. The lowest BCUT2D eigenvalue weighted by atomic mass is 9.95. The Morgan fingerprint density at radius 3 is 2.17 bits per heavy atom. The van der Waals surface area contributed by atoms with E-state index in [-0.39, 0.29) is 12.0 Å². The lowest BCUT2D eigenvalue weighted by Gasteiger charge is -2.50. The SMILES string of the molecule is CC(C)(C)OC(=O)N1CC(N2CC(C(=O)O)C2)C1. The van der Waals surface area contributed by atoms with E-state index in [2.05, 4.69) is 4.90 Å². The fraction of sp³-hybridized carbons (Fsp3) is 0.833. The molecule has 6 heteroatoms. The highest BCUT2D eigenvalue weighted by atomic mass is 16.6. The Kier molecular flexibility index (Phi) is 3.23. The molecule has 0 aliphatic carbocycles. The molecular formula is C12H20N2O4. The van der Waals surface area contributed by atoms with Crippen molar-refractivity contribution >= 4 is 12.1 Å². The molecule has 0 radical (unpaired) electrons. The highest BCUT2D eigenvalue weighted by molar-refractivity contribution is 5.72. The first-order valence-electron chi connectivity index (χ1n) is 6.21. The average molecular weight is 256 g/mol. The third-order valence-corrected chi connectivity index (χ3v) is 3.29. The van der Waals surface area contributed by atoms with Gasteiger partial charge in [-0.2, -0.15) is 0 Å². The van der Waals surface area contributed by atoms with Crippen LogP contribution in [-0.4, -0.2) is 64.8 Å². The monoisotopic (exact) mass is 256 g/mol. The van der Waals surface area contributed by atoms with E-state index in [4.69, 9.17) is 9.84 Å². The Bertz CT molecular complexity index is 352. The van der Waals surface area contributed by atoms with E-state index in [1.54, 1.807) is 4.90 Å². The number of rotatable bonds is 2. The molecule has 0 bridgehead atoms. The molecule has 0 aromatic carbocycles. The topological polar surface area (TPSA) is 70.1 Å². The zero-order valence-corrected chi connectivity index (χ0v) is 11.0. The Hall–Kier alpha value is -1.30. The summed E-state index contributed by atoms with van der Waals surface area (Å²) in [5.74, 6) is -0.963. The molecule has 2 heterocycles. The predicted molar refractivity (Wildman–Crippen MR) is 64.3 cm³/mol. The zero-order chi connectivity index (χ0) is 13.5. The molecule has 0 aromatic heterocycles. The first kappa shape index (κ1) is 13.1. The minimum Gasteiger partial charge on any atom is -0.481 e. The zero-order valence-electron chi connectivity index (χ0n) is 11.0. The number of ether oxygens (including phenoxy) is 1. The molecule has 18 heavy (non-hydrogen) atoms. The number of amides is 1. The molecule has 2 rings (SSSR count). The summed E-state index contributed by atoms with van der Waals surface area (Å²) in [6, 6.07) is 0.299. The number of carboxylic acid groups (broad SMARTS) is 1. The van der Waals surface area contributed by atoms with Crippen LogP contribution < -0.4 is 0 Å². The van der Waals surface area contributed by atoms with Crippen LogP contribution in [0.1, 0.15) is 20.8 Å². The maximum Gasteiger partial charge on any atom is 0.410 e. The summed E-state index contributed by atoms with van der Waals surface area (Å²) in [4.78, 5) is 26.1. The summed E-state index contributed by atoms with van der Waals surface area (Å²) < 4.78 is 5.26. The van der Waals surface area contributed by atoms with Gasteiger partial charge in [0.1, 0.15) is 5.60 Å². The molecule has 0 unspecified atom stereocenters. The summed E-state index contributed by atoms with van der Waals surface area (Å²) in [6.45, 7) is 8.01. The van der Waals surface area contributed by atoms with Gasteiger partial charge in [-0.1, -0.05) is 0 Å². The van der Waals surface area contributed by atoms with Gasteiger partial charge < -0.3 is 14.7 Å². The summed E-state index contributed by atoms with van der Waals surface area (Å²) in [5, 5.41) is 8.78. The van der Waals surface area contributed by atoms with E-state index in [1.165, 1.54) is 0 Å². The Balaban J connectivity index is 1.69. The van der Waals surface area contributed by atoms with Gasteiger partial charge in [-0.05, 0) is 20.8 Å². The van der Waals surface area contributed by atoms with Gasteiger partial charge in [-0.25, -0.2) is 4.79 Å². The van der Waals surface area contributed by atoms with Gasteiger partial charge in [-0.15, -0.1) is 0 Å². The number of carbonyl (C=O) groups is 2. The molecule has 2 fully saturated rings. The molecule has 2 aliphatic heterocycles. The minimum atomic E-state index is -0.727. The van der Waals surface area contributed by atoms with Crippen molar-refractivity contribution in [1.29, 1.82) is 0 Å². The van der Waals surface area contributed by atoms with Gasteiger partial charge in [0.05, 0.1) is 5.92 Å². The van der Waals surface area contributed by atoms with Crippen molar-refractivity contribution in [3.63, 3.8) is 0 Å². The first-order valence-corrected chi connectivity index (χ1v) is 6.21. The highest BCUT2D eigenvalue weighted by Crippen LogP contribution is 2.25. The molecule has 1 N–H and O–H groups in total. The van der Waals surface area contributed by atoms with Crippen LogP contribution in [0.5, 0.6) is 0 Å². The van der Waals surface area contributed by atoms with Crippen LogP contribution in [0.15, 0.2) is 0 Å². The fourth-order valence-electron chi connectivity index (χ4n) is 2.13. The second-order valence-electron chi connectivity index (χ2n) is 6.03. The second-order valence-corrected chi connectivity index (χ2v) is 6.03. The highest BCUT2D eigenvalue weighted by Gasteiger charge is 2.43. The van der Waals surface area contributed by atoms with Crippen LogP contribution in [0.3, 0.4) is 0 Å². The van der Waals surface area contributed by atoms with Crippen molar-refractivity contribution in [2.45, 2.75) is 32.4 Å². The Morgan fingerprint density at radius 1 is 1.17 bits per heavy atom. The van der Waals surface area contributed by atoms with E-state index in [0.717, 1.165) is 0 Å². The van der Waals surface area contributed by atoms with Crippen molar-refractivity contribution in [2.75, 3.05) is 26.2 Å². The fourth-order valence-corrected chi connectivity index (χ4v) is 2.13. The van der Waals surface area contributed by atoms with E-state index in [0.29, 0.717) is 32.2 Å². The molecule has 2 aliphatic rings. The number of carbonyl (C=O) groups excluding carboxylic acids is 1. The van der Waals surface area contributed by atoms with Gasteiger partial charge in [0.2, 0.25) is 0 Å². The number of aliphatic carboxylic acids is 1. The second kappa shape index (κ2) is 4.42. The van der Waals surface area contributed by atoms with Crippen LogP contribution in [0.2, 0.25) is 0 Å². The quantitative estimate of drug-likeness (QED) is 0.784. The Labute approximate surface area is 106 Å². The maximum atomic E-state index is 11.7. The predicted octanol–water partition coefficient (Wildman–Crippen LogP) is 0.622. The van der Waals surface area contributed by atoms with E-state index in [1.807, 2.05) is 20.8 Å². The van der Waals surface area contributed by atoms with Crippen molar-refractivity contribution in [3.05, 3.63) is 0 Å². The maximum absolute atomic E-state index is 11.7. The molecule has 2 saturated heterocycles. The van der Waals surface area contributed by atoms with Crippen molar-refractivity contribution in [2.24, 2.45) is 5.92 Å². The Morgan fingerprint density at radius 2 is 1.72 bits per heavy atom. The minimum absolute atomic E-state index is 0.236. The van der Waals surface area contributed by atoms with Gasteiger partial charge in [0.25, 0.3) is 0 Å². The van der Waals surface area contributed by atoms with Crippen molar-refractivity contribution in [1.82, 2.24) is 9.80 Å².